The maximum absolute atomic E-state index is 12.2. The predicted molar refractivity (Wildman–Crippen MR) is 76.4 cm³/mol. The maximum atomic E-state index is 12.2. The van der Waals surface area contributed by atoms with Crippen LogP contribution in [-0.2, 0) is 19.1 Å². The Hall–Kier alpha value is -1.70. The highest BCUT2D eigenvalue weighted by atomic mass is 32.2. The number of fused-ring (bicyclic) bond motifs is 1. The van der Waals surface area contributed by atoms with E-state index in [9.17, 15) is 19.5 Å². The number of amides is 1. The van der Waals surface area contributed by atoms with Crippen LogP contribution in [0.2, 0.25) is 0 Å². The van der Waals surface area contributed by atoms with Crippen LogP contribution in [0.3, 0.4) is 0 Å². The summed E-state index contributed by atoms with van der Waals surface area (Å²) in [6, 6.07) is -1.34. The van der Waals surface area contributed by atoms with Gasteiger partial charge in [-0.15, -0.1) is 11.8 Å². The Balaban J connectivity index is 2.11. The number of carbonyl (C=O) groups is 3. The summed E-state index contributed by atoms with van der Waals surface area (Å²) in [6.45, 7) is 5.29. The molecule has 0 aromatic heterocycles. The number of methoxy groups -OCH3 is 1. The average molecular weight is 314 g/mol. The number of aliphatic carboxylic acids is 1. The Labute approximate surface area is 126 Å². The molecule has 0 bridgehead atoms. The summed E-state index contributed by atoms with van der Waals surface area (Å²) >= 11 is 1.45. The molecule has 0 aliphatic carbocycles. The molecule has 0 unspecified atom stereocenters. The van der Waals surface area contributed by atoms with Crippen LogP contribution in [0.25, 0.3) is 0 Å². The Kier molecular flexibility index (Phi) is 3.92. The van der Waals surface area contributed by atoms with E-state index in [0.717, 1.165) is 0 Å². The van der Waals surface area contributed by atoms with Crippen molar-refractivity contribution in [1.29, 1.82) is 0 Å². The topological polar surface area (TPSA) is 95.9 Å². The number of allylic oxidation sites excluding steroid dienone is 1. The SMILES string of the molecule is COC(=O)/C=C(\C)N[C@@H]1C(=O)N2[C@@H]1SC(C)(C)[C@@H]2C(=O)O. The van der Waals surface area contributed by atoms with Gasteiger partial charge >= 0.3 is 11.9 Å². The summed E-state index contributed by atoms with van der Waals surface area (Å²) in [5.74, 6) is -1.77. The van der Waals surface area contributed by atoms with Crippen LogP contribution in [0.1, 0.15) is 20.8 Å². The van der Waals surface area contributed by atoms with Gasteiger partial charge in [0.05, 0.1) is 7.11 Å². The second-order valence-electron chi connectivity index (χ2n) is 5.57. The summed E-state index contributed by atoms with van der Waals surface area (Å²) in [5.41, 5.74) is 0.511. The van der Waals surface area contributed by atoms with Crippen LogP contribution in [0.5, 0.6) is 0 Å². The second-order valence-corrected chi connectivity index (χ2v) is 7.34. The van der Waals surface area contributed by atoms with Crippen LogP contribution >= 0.6 is 11.8 Å². The normalized spacial score (nSPS) is 30.5. The molecular weight excluding hydrogens is 296 g/mol. The zero-order valence-corrected chi connectivity index (χ0v) is 13.1. The van der Waals surface area contributed by atoms with Gasteiger partial charge in [0, 0.05) is 16.5 Å². The van der Waals surface area contributed by atoms with Crippen molar-refractivity contribution in [1.82, 2.24) is 10.2 Å². The molecule has 0 aromatic rings. The monoisotopic (exact) mass is 314 g/mol. The molecule has 2 aliphatic rings. The number of rotatable bonds is 4. The molecular formula is C13H18N2O5S. The molecule has 0 spiro atoms. The lowest BCUT2D eigenvalue weighted by Gasteiger charge is -2.44. The smallest absolute Gasteiger partial charge is 0.332 e. The summed E-state index contributed by atoms with van der Waals surface area (Å²) in [4.78, 5) is 36.1. The zero-order chi connectivity index (χ0) is 15.9. The van der Waals surface area contributed by atoms with E-state index in [1.54, 1.807) is 6.92 Å². The number of carboxylic acids is 1. The molecule has 2 N–H and O–H groups in total. The first-order valence-electron chi connectivity index (χ1n) is 6.44. The highest BCUT2D eigenvalue weighted by Crippen LogP contribution is 2.50. The van der Waals surface area contributed by atoms with Gasteiger partial charge in [0.15, 0.2) is 0 Å². The number of ether oxygens (including phenoxy) is 1. The number of carbonyl (C=O) groups excluding carboxylic acids is 2. The highest BCUT2D eigenvalue weighted by molar-refractivity contribution is 8.01. The van der Waals surface area contributed by atoms with Gasteiger partial charge in [-0.25, -0.2) is 9.59 Å². The quantitative estimate of drug-likeness (QED) is 0.434. The van der Waals surface area contributed by atoms with Crippen LogP contribution in [0.15, 0.2) is 11.8 Å². The molecule has 3 atom stereocenters. The van der Waals surface area contributed by atoms with Gasteiger partial charge in [-0.2, -0.15) is 0 Å². The maximum Gasteiger partial charge on any atom is 0.332 e. The number of carboxylic acid groups (broad SMARTS) is 1. The van der Waals surface area contributed by atoms with Crippen molar-refractivity contribution in [2.75, 3.05) is 7.11 Å². The third kappa shape index (κ3) is 2.59. The summed E-state index contributed by atoms with van der Waals surface area (Å²) < 4.78 is 3.96. The van der Waals surface area contributed by atoms with Crippen LogP contribution in [0.4, 0.5) is 0 Å². The second kappa shape index (κ2) is 5.25. The number of nitrogens with one attached hydrogen (secondary N) is 1. The van der Waals surface area contributed by atoms with Crippen molar-refractivity contribution in [2.24, 2.45) is 0 Å². The van der Waals surface area contributed by atoms with Crippen LogP contribution in [0, 0.1) is 0 Å². The molecule has 2 rings (SSSR count). The van der Waals surface area contributed by atoms with Gasteiger partial charge in [-0.1, -0.05) is 0 Å². The Morgan fingerprint density at radius 3 is 2.62 bits per heavy atom. The zero-order valence-electron chi connectivity index (χ0n) is 12.2. The van der Waals surface area contributed by atoms with E-state index in [1.807, 2.05) is 13.8 Å². The first-order valence-corrected chi connectivity index (χ1v) is 7.32. The molecule has 0 radical (unpaired) electrons. The Bertz CT molecular complexity index is 531. The van der Waals surface area contributed by atoms with E-state index in [4.69, 9.17) is 0 Å². The molecule has 2 heterocycles. The average Bonchev–Trinajstić information content (AvgIpc) is 2.64. The van der Waals surface area contributed by atoms with E-state index in [1.165, 1.54) is 29.8 Å². The van der Waals surface area contributed by atoms with E-state index in [0.29, 0.717) is 5.70 Å². The fraction of sp³-hybridized carbons (Fsp3) is 0.615. The first-order chi connectivity index (χ1) is 9.69. The number of hydrogen-bond donors (Lipinski definition) is 2. The number of thioether (sulfide) groups is 1. The lowest BCUT2D eigenvalue weighted by atomic mass is 9.96. The van der Waals surface area contributed by atoms with Crippen molar-refractivity contribution in [3.63, 3.8) is 0 Å². The van der Waals surface area contributed by atoms with E-state index in [-0.39, 0.29) is 11.3 Å². The number of β-lactam (4-membered cyclic amide) rings is 1. The Morgan fingerprint density at radius 2 is 2.10 bits per heavy atom. The van der Waals surface area contributed by atoms with Crippen molar-refractivity contribution >= 4 is 29.6 Å². The lowest BCUT2D eigenvalue weighted by Crippen LogP contribution is -2.69. The molecule has 2 fully saturated rings. The number of esters is 1. The Morgan fingerprint density at radius 1 is 1.48 bits per heavy atom. The first kappa shape index (κ1) is 15.7. The highest BCUT2D eigenvalue weighted by Gasteiger charge is 2.63. The van der Waals surface area contributed by atoms with Crippen molar-refractivity contribution in [3.05, 3.63) is 11.8 Å². The fourth-order valence-corrected chi connectivity index (χ4v) is 4.29. The summed E-state index contributed by atoms with van der Waals surface area (Å²) in [6.07, 6.45) is 1.26. The molecule has 1 amide bonds. The summed E-state index contributed by atoms with van der Waals surface area (Å²) in [5, 5.41) is 12.0. The molecule has 0 saturated carbocycles. The minimum Gasteiger partial charge on any atom is -0.480 e. The lowest BCUT2D eigenvalue weighted by molar-refractivity contribution is -0.160. The van der Waals surface area contributed by atoms with Gasteiger partial charge in [0.1, 0.15) is 17.5 Å². The third-order valence-electron chi connectivity index (χ3n) is 3.59. The van der Waals surface area contributed by atoms with Gasteiger partial charge in [-0.05, 0) is 20.8 Å². The van der Waals surface area contributed by atoms with E-state index in [2.05, 4.69) is 10.1 Å². The van der Waals surface area contributed by atoms with Gasteiger partial charge in [-0.3, -0.25) is 4.79 Å². The van der Waals surface area contributed by atoms with Gasteiger partial charge in [0.2, 0.25) is 5.91 Å². The van der Waals surface area contributed by atoms with Gasteiger partial charge in [0.25, 0.3) is 0 Å². The molecule has 2 saturated heterocycles. The predicted octanol–water partition coefficient (Wildman–Crippen LogP) is 0.168. The van der Waals surface area contributed by atoms with Crippen LogP contribution in [-0.4, -0.2) is 57.2 Å². The van der Waals surface area contributed by atoms with E-state index >= 15 is 0 Å². The fourth-order valence-electron chi connectivity index (χ4n) is 2.67. The molecule has 21 heavy (non-hydrogen) atoms. The molecule has 0 aromatic carbocycles. The third-order valence-corrected chi connectivity index (χ3v) is 5.17. The molecule has 8 heteroatoms. The molecule has 7 nitrogen and oxygen atoms in total. The number of nitrogens with zero attached hydrogens (tertiary/aromatic N) is 1. The summed E-state index contributed by atoms with van der Waals surface area (Å²) in [7, 11) is 1.27. The van der Waals surface area contributed by atoms with Crippen molar-refractivity contribution in [2.45, 2.75) is 43.0 Å². The molecule has 116 valence electrons. The van der Waals surface area contributed by atoms with Gasteiger partial charge < -0.3 is 20.1 Å². The van der Waals surface area contributed by atoms with Crippen molar-refractivity contribution in [3.8, 4) is 0 Å². The largest absolute Gasteiger partial charge is 0.480 e. The minimum absolute atomic E-state index is 0.241. The van der Waals surface area contributed by atoms with Crippen LogP contribution < -0.4 is 5.32 Å². The van der Waals surface area contributed by atoms with E-state index < -0.39 is 28.8 Å². The number of hydrogen-bond acceptors (Lipinski definition) is 6. The standard InChI is InChI=1S/C13H18N2O5S/c1-6(5-7(16)20-4)14-8-10(17)15-9(12(18)19)13(2,3)21-11(8)15/h5,8-9,11,14H,1-4H3,(H,18,19)/b6-5+/t8-,9+,11-/m1/s1. The molecule has 2 aliphatic heterocycles. The van der Waals surface area contributed by atoms with Crippen molar-refractivity contribution < 1.29 is 24.2 Å². The minimum atomic E-state index is -0.997.